The van der Waals surface area contributed by atoms with E-state index in [1.165, 1.54) is 6.92 Å². The van der Waals surface area contributed by atoms with Crippen LogP contribution in [0.4, 0.5) is 17.3 Å². The van der Waals surface area contributed by atoms with E-state index in [4.69, 9.17) is 0 Å². The first-order valence-corrected chi connectivity index (χ1v) is 7.64. The summed E-state index contributed by atoms with van der Waals surface area (Å²) in [6, 6.07) is 10.6. The fourth-order valence-corrected chi connectivity index (χ4v) is 2.30. The molecule has 2 aromatic rings. The second-order valence-corrected chi connectivity index (χ2v) is 5.68. The van der Waals surface area contributed by atoms with Gasteiger partial charge in [0.05, 0.1) is 0 Å². The first kappa shape index (κ1) is 15.1. The largest absolute Gasteiger partial charge is 0.339 e. The van der Waals surface area contributed by atoms with Gasteiger partial charge >= 0.3 is 0 Å². The van der Waals surface area contributed by atoms with E-state index in [1.807, 2.05) is 12.1 Å². The topological polar surface area (TPSA) is 84.0 Å². The van der Waals surface area contributed by atoms with Gasteiger partial charge in [0.25, 0.3) is 0 Å². The van der Waals surface area contributed by atoms with Gasteiger partial charge in [-0.1, -0.05) is 6.42 Å². The SMILES string of the molecule is CC(=O)c1ccc(Nc2ccc(NC(=O)C3CCC3)nn2)cc1. The van der Waals surface area contributed by atoms with Crippen molar-refractivity contribution >= 4 is 29.0 Å². The lowest BCUT2D eigenvalue weighted by molar-refractivity contribution is -0.122. The van der Waals surface area contributed by atoms with E-state index in [2.05, 4.69) is 20.8 Å². The molecule has 2 N–H and O–H groups in total. The lowest BCUT2D eigenvalue weighted by Gasteiger charge is -2.23. The highest BCUT2D eigenvalue weighted by molar-refractivity contribution is 5.94. The van der Waals surface area contributed by atoms with Gasteiger partial charge in [-0.3, -0.25) is 9.59 Å². The second-order valence-electron chi connectivity index (χ2n) is 5.68. The number of carbonyl (C=O) groups is 2. The maximum atomic E-state index is 11.8. The molecule has 0 unspecified atom stereocenters. The molecule has 0 aliphatic heterocycles. The van der Waals surface area contributed by atoms with Crippen molar-refractivity contribution in [3.63, 3.8) is 0 Å². The molecule has 1 saturated carbocycles. The van der Waals surface area contributed by atoms with Crippen LogP contribution in [0.1, 0.15) is 36.5 Å². The fourth-order valence-electron chi connectivity index (χ4n) is 2.30. The van der Waals surface area contributed by atoms with Crippen LogP contribution < -0.4 is 10.6 Å². The predicted octanol–water partition coefficient (Wildman–Crippen LogP) is 3.16. The quantitative estimate of drug-likeness (QED) is 0.829. The number of nitrogens with zero attached hydrogens (tertiary/aromatic N) is 2. The lowest BCUT2D eigenvalue weighted by atomic mass is 9.85. The number of hydrogen-bond donors (Lipinski definition) is 2. The molecule has 1 amide bonds. The van der Waals surface area contributed by atoms with Gasteiger partial charge in [-0.05, 0) is 56.2 Å². The molecule has 23 heavy (non-hydrogen) atoms. The average molecular weight is 310 g/mol. The number of anilines is 3. The standard InChI is InChI=1S/C17H18N4O2/c1-11(22)12-5-7-14(8-6-12)18-15-9-10-16(21-20-15)19-17(23)13-3-2-4-13/h5-10,13H,2-4H2,1H3,(H,18,20)(H,19,21,23). The number of nitrogens with one attached hydrogen (secondary N) is 2. The Morgan fingerprint density at radius 2 is 1.65 bits per heavy atom. The minimum Gasteiger partial charge on any atom is -0.339 e. The second kappa shape index (κ2) is 6.56. The maximum Gasteiger partial charge on any atom is 0.228 e. The van der Waals surface area contributed by atoms with Crippen molar-refractivity contribution in [2.75, 3.05) is 10.6 Å². The Hall–Kier alpha value is -2.76. The number of rotatable bonds is 5. The summed E-state index contributed by atoms with van der Waals surface area (Å²) in [6.07, 6.45) is 3.03. The van der Waals surface area contributed by atoms with Gasteiger partial charge < -0.3 is 10.6 Å². The molecule has 0 atom stereocenters. The van der Waals surface area contributed by atoms with Crippen LogP contribution in [0.15, 0.2) is 36.4 Å². The molecule has 0 saturated heterocycles. The van der Waals surface area contributed by atoms with Crippen LogP contribution in [0.2, 0.25) is 0 Å². The van der Waals surface area contributed by atoms with Gasteiger partial charge in [-0.25, -0.2) is 0 Å². The van der Waals surface area contributed by atoms with Gasteiger partial charge in [0.1, 0.15) is 0 Å². The van der Waals surface area contributed by atoms with E-state index in [9.17, 15) is 9.59 Å². The van der Waals surface area contributed by atoms with Gasteiger partial charge in [0, 0.05) is 17.2 Å². The normalized spacial score (nSPS) is 14.0. The van der Waals surface area contributed by atoms with E-state index in [-0.39, 0.29) is 17.6 Å². The Morgan fingerprint density at radius 1 is 1.00 bits per heavy atom. The molecular formula is C17H18N4O2. The smallest absolute Gasteiger partial charge is 0.228 e. The number of aromatic nitrogens is 2. The highest BCUT2D eigenvalue weighted by Crippen LogP contribution is 2.27. The molecule has 118 valence electrons. The van der Waals surface area contributed by atoms with E-state index in [0.29, 0.717) is 17.2 Å². The number of benzene rings is 1. The minimum absolute atomic E-state index is 0.0195. The molecule has 1 aliphatic rings. The summed E-state index contributed by atoms with van der Waals surface area (Å²) in [5.74, 6) is 1.20. The zero-order chi connectivity index (χ0) is 16.2. The van der Waals surface area contributed by atoms with Crippen molar-refractivity contribution in [1.82, 2.24) is 10.2 Å². The summed E-state index contributed by atoms with van der Waals surface area (Å²) in [4.78, 5) is 23.1. The third-order valence-corrected chi connectivity index (χ3v) is 3.96. The Labute approximate surface area is 134 Å². The van der Waals surface area contributed by atoms with Gasteiger partial charge in [0.2, 0.25) is 5.91 Å². The van der Waals surface area contributed by atoms with Gasteiger partial charge in [0.15, 0.2) is 17.4 Å². The van der Waals surface area contributed by atoms with Crippen LogP contribution in [-0.2, 0) is 4.79 Å². The van der Waals surface area contributed by atoms with Crippen molar-refractivity contribution in [2.24, 2.45) is 5.92 Å². The Bertz CT molecular complexity index is 706. The lowest BCUT2D eigenvalue weighted by Crippen LogP contribution is -2.28. The molecule has 1 aliphatic carbocycles. The summed E-state index contributed by atoms with van der Waals surface area (Å²) < 4.78 is 0. The molecule has 1 heterocycles. The molecule has 1 fully saturated rings. The number of amides is 1. The Kier molecular flexibility index (Phi) is 4.32. The summed E-state index contributed by atoms with van der Waals surface area (Å²) in [7, 11) is 0. The van der Waals surface area contributed by atoms with E-state index >= 15 is 0 Å². The van der Waals surface area contributed by atoms with Gasteiger partial charge in [-0.2, -0.15) is 0 Å². The van der Waals surface area contributed by atoms with Crippen LogP contribution in [0.5, 0.6) is 0 Å². The Morgan fingerprint density at radius 3 is 2.17 bits per heavy atom. The molecule has 1 aromatic heterocycles. The summed E-state index contributed by atoms with van der Waals surface area (Å²) in [5.41, 5.74) is 1.48. The third-order valence-electron chi connectivity index (χ3n) is 3.96. The van der Waals surface area contributed by atoms with Crippen molar-refractivity contribution < 1.29 is 9.59 Å². The van der Waals surface area contributed by atoms with Crippen LogP contribution >= 0.6 is 0 Å². The van der Waals surface area contributed by atoms with Crippen molar-refractivity contribution in [2.45, 2.75) is 26.2 Å². The number of hydrogen-bond acceptors (Lipinski definition) is 5. The molecular weight excluding hydrogens is 292 g/mol. The predicted molar refractivity (Wildman–Crippen MR) is 87.7 cm³/mol. The highest BCUT2D eigenvalue weighted by atomic mass is 16.2. The Balaban J connectivity index is 1.60. The monoisotopic (exact) mass is 310 g/mol. The molecule has 0 spiro atoms. The number of carbonyl (C=O) groups excluding carboxylic acids is 2. The molecule has 0 bridgehead atoms. The molecule has 3 rings (SSSR count). The average Bonchev–Trinajstić information content (AvgIpc) is 2.48. The third kappa shape index (κ3) is 3.71. The van der Waals surface area contributed by atoms with Crippen LogP contribution in [0.25, 0.3) is 0 Å². The van der Waals surface area contributed by atoms with Crippen molar-refractivity contribution in [1.29, 1.82) is 0 Å². The van der Waals surface area contributed by atoms with Crippen LogP contribution in [0.3, 0.4) is 0 Å². The van der Waals surface area contributed by atoms with Gasteiger partial charge in [-0.15, -0.1) is 10.2 Å². The van der Waals surface area contributed by atoms with E-state index in [1.54, 1.807) is 24.3 Å². The molecule has 6 heteroatoms. The number of Topliss-reactive ketones (excluding diaryl/α,β-unsaturated/α-hetero) is 1. The number of ketones is 1. The van der Waals surface area contributed by atoms with E-state index < -0.39 is 0 Å². The van der Waals surface area contributed by atoms with Crippen LogP contribution in [0, 0.1) is 5.92 Å². The fraction of sp³-hybridized carbons (Fsp3) is 0.294. The van der Waals surface area contributed by atoms with Crippen molar-refractivity contribution in [3.8, 4) is 0 Å². The molecule has 1 aromatic carbocycles. The summed E-state index contributed by atoms with van der Waals surface area (Å²) >= 11 is 0. The first-order chi connectivity index (χ1) is 11.1. The summed E-state index contributed by atoms with van der Waals surface area (Å²) in [6.45, 7) is 1.53. The van der Waals surface area contributed by atoms with Crippen molar-refractivity contribution in [3.05, 3.63) is 42.0 Å². The van der Waals surface area contributed by atoms with E-state index in [0.717, 1.165) is 24.9 Å². The molecule has 0 radical (unpaired) electrons. The summed E-state index contributed by atoms with van der Waals surface area (Å²) in [5, 5.41) is 13.9. The molecule has 6 nitrogen and oxygen atoms in total. The van der Waals surface area contributed by atoms with Crippen LogP contribution in [-0.4, -0.2) is 21.9 Å². The maximum absolute atomic E-state index is 11.8. The zero-order valence-corrected chi connectivity index (χ0v) is 12.9. The highest BCUT2D eigenvalue weighted by Gasteiger charge is 2.25. The minimum atomic E-state index is 0.0195. The zero-order valence-electron chi connectivity index (χ0n) is 12.9. The first-order valence-electron chi connectivity index (χ1n) is 7.64.